The molecule has 0 saturated heterocycles. The van der Waals surface area contributed by atoms with E-state index in [-0.39, 0.29) is 18.8 Å². The van der Waals surface area contributed by atoms with Crippen LogP contribution in [0.1, 0.15) is 27.0 Å². The first-order valence-electron chi connectivity index (χ1n) is 11.5. The van der Waals surface area contributed by atoms with Crippen LogP contribution in [0.3, 0.4) is 0 Å². The van der Waals surface area contributed by atoms with Crippen LogP contribution in [0, 0.1) is 10.1 Å². The minimum Gasteiger partial charge on any atom is -0.497 e. The van der Waals surface area contributed by atoms with Crippen molar-refractivity contribution in [1.82, 2.24) is 15.2 Å². The number of carbonyl (C=O) groups is 1. The topological polar surface area (TPSA) is 130 Å². The van der Waals surface area contributed by atoms with E-state index in [1.54, 1.807) is 50.6 Å². The van der Waals surface area contributed by atoms with Crippen LogP contribution in [0.15, 0.2) is 84.2 Å². The number of aromatic nitrogens is 2. The van der Waals surface area contributed by atoms with Gasteiger partial charge in [-0.2, -0.15) is 10.2 Å². The maximum atomic E-state index is 12.6. The SMILES string of the molecule is COc1cccc(OCc2cc(C=NNC(=O)c3cccc(Cn4cc([N+](=O)[O-])cn4)c3)ccc2OC)c1. The number of carbonyl (C=O) groups excluding carboxylic acids is 1. The van der Waals surface area contributed by atoms with Crippen molar-refractivity contribution in [1.29, 1.82) is 0 Å². The Bertz CT molecular complexity index is 1470. The molecular formula is C27H25N5O6. The molecule has 194 valence electrons. The van der Waals surface area contributed by atoms with Gasteiger partial charge < -0.3 is 14.2 Å². The summed E-state index contributed by atoms with van der Waals surface area (Å²) in [5.41, 5.74) is 5.12. The average Bonchev–Trinajstić information content (AvgIpc) is 3.41. The number of nitro groups is 1. The van der Waals surface area contributed by atoms with Crippen molar-refractivity contribution in [3.05, 3.63) is 111 Å². The van der Waals surface area contributed by atoms with Crippen LogP contribution in [-0.2, 0) is 13.2 Å². The third kappa shape index (κ3) is 6.72. The van der Waals surface area contributed by atoms with Crippen LogP contribution in [0.25, 0.3) is 0 Å². The zero-order valence-electron chi connectivity index (χ0n) is 20.7. The monoisotopic (exact) mass is 515 g/mol. The van der Waals surface area contributed by atoms with Crippen LogP contribution in [0.4, 0.5) is 5.69 Å². The van der Waals surface area contributed by atoms with E-state index in [9.17, 15) is 14.9 Å². The quantitative estimate of drug-likeness (QED) is 0.180. The van der Waals surface area contributed by atoms with Crippen molar-refractivity contribution in [2.45, 2.75) is 13.2 Å². The first kappa shape index (κ1) is 25.9. The highest BCUT2D eigenvalue weighted by Gasteiger charge is 2.11. The summed E-state index contributed by atoms with van der Waals surface area (Å²) in [6, 6.07) is 19.7. The molecule has 1 amide bonds. The van der Waals surface area contributed by atoms with Crippen LogP contribution in [-0.4, -0.2) is 41.0 Å². The molecule has 0 aliphatic carbocycles. The van der Waals surface area contributed by atoms with Crippen LogP contribution in [0.2, 0.25) is 0 Å². The van der Waals surface area contributed by atoms with Gasteiger partial charge in [-0.25, -0.2) is 5.43 Å². The molecule has 11 nitrogen and oxygen atoms in total. The van der Waals surface area contributed by atoms with Crippen molar-refractivity contribution in [2.24, 2.45) is 5.10 Å². The third-order valence-corrected chi connectivity index (χ3v) is 5.48. The Morgan fingerprint density at radius 1 is 1.08 bits per heavy atom. The fourth-order valence-electron chi connectivity index (χ4n) is 3.61. The molecule has 4 rings (SSSR count). The molecule has 0 bridgehead atoms. The van der Waals surface area contributed by atoms with Gasteiger partial charge in [-0.15, -0.1) is 0 Å². The fourth-order valence-corrected chi connectivity index (χ4v) is 3.61. The summed E-state index contributed by atoms with van der Waals surface area (Å²) < 4.78 is 18.0. The van der Waals surface area contributed by atoms with E-state index < -0.39 is 10.8 Å². The van der Waals surface area contributed by atoms with E-state index in [0.717, 1.165) is 16.7 Å². The molecule has 0 aliphatic heterocycles. The maximum Gasteiger partial charge on any atom is 0.307 e. The molecule has 0 saturated carbocycles. The van der Waals surface area contributed by atoms with Crippen molar-refractivity contribution in [3.63, 3.8) is 0 Å². The van der Waals surface area contributed by atoms with Gasteiger partial charge in [-0.3, -0.25) is 19.6 Å². The molecule has 1 aromatic heterocycles. The number of benzene rings is 3. The smallest absolute Gasteiger partial charge is 0.307 e. The van der Waals surface area contributed by atoms with Gasteiger partial charge in [-0.05, 0) is 53.6 Å². The lowest BCUT2D eigenvalue weighted by Crippen LogP contribution is -2.18. The van der Waals surface area contributed by atoms with Crippen LogP contribution >= 0.6 is 0 Å². The third-order valence-electron chi connectivity index (χ3n) is 5.48. The lowest BCUT2D eigenvalue weighted by atomic mass is 10.1. The second-order valence-corrected chi connectivity index (χ2v) is 8.09. The number of amides is 1. The number of nitrogens with one attached hydrogen (secondary N) is 1. The lowest BCUT2D eigenvalue weighted by molar-refractivity contribution is -0.385. The second kappa shape index (κ2) is 12.2. The minimum atomic E-state index is -0.509. The van der Waals surface area contributed by atoms with Gasteiger partial charge in [0.25, 0.3) is 5.91 Å². The number of hydrogen-bond donors (Lipinski definition) is 1. The molecule has 0 fully saturated rings. The predicted octanol–water partition coefficient (Wildman–Crippen LogP) is 4.20. The van der Waals surface area contributed by atoms with E-state index in [2.05, 4.69) is 15.6 Å². The Kier molecular flexibility index (Phi) is 8.29. The van der Waals surface area contributed by atoms with E-state index in [1.165, 1.54) is 23.3 Å². The Labute approximate surface area is 218 Å². The van der Waals surface area contributed by atoms with Crippen molar-refractivity contribution < 1.29 is 23.9 Å². The van der Waals surface area contributed by atoms with Gasteiger partial charge >= 0.3 is 5.69 Å². The molecule has 11 heteroatoms. The normalized spacial score (nSPS) is 10.8. The zero-order valence-corrected chi connectivity index (χ0v) is 20.7. The van der Waals surface area contributed by atoms with Gasteiger partial charge in [0, 0.05) is 17.2 Å². The summed E-state index contributed by atoms with van der Waals surface area (Å²) in [6.07, 6.45) is 4.04. The van der Waals surface area contributed by atoms with Gasteiger partial charge in [-0.1, -0.05) is 18.2 Å². The highest BCUT2D eigenvalue weighted by Crippen LogP contribution is 2.24. The molecule has 3 aromatic carbocycles. The highest BCUT2D eigenvalue weighted by molar-refractivity contribution is 5.95. The molecule has 0 aliphatic rings. The fraction of sp³-hybridized carbons (Fsp3) is 0.148. The summed E-state index contributed by atoms with van der Waals surface area (Å²) in [5, 5.41) is 18.9. The number of methoxy groups -OCH3 is 2. The molecular weight excluding hydrogens is 490 g/mol. The number of hydrogen-bond acceptors (Lipinski definition) is 8. The number of nitrogens with zero attached hydrogens (tertiary/aromatic N) is 4. The molecule has 0 radical (unpaired) electrons. The first-order valence-corrected chi connectivity index (χ1v) is 11.5. The highest BCUT2D eigenvalue weighted by atomic mass is 16.6. The number of rotatable bonds is 11. The summed E-state index contributed by atoms with van der Waals surface area (Å²) in [4.78, 5) is 23.0. The predicted molar refractivity (Wildman–Crippen MR) is 140 cm³/mol. The van der Waals surface area contributed by atoms with Gasteiger partial charge in [0.1, 0.15) is 36.2 Å². The Morgan fingerprint density at radius 2 is 1.89 bits per heavy atom. The number of hydrazone groups is 1. The Balaban J connectivity index is 1.38. The van der Waals surface area contributed by atoms with E-state index in [0.29, 0.717) is 22.8 Å². The molecule has 38 heavy (non-hydrogen) atoms. The zero-order chi connectivity index (χ0) is 26.9. The second-order valence-electron chi connectivity index (χ2n) is 8.09. The van der Waals surface area contributed by atoms with E-state index in [1.807, 2.05) is 30.3 Å². The molecule has 0 spiro atoms. The summed E-state index contributed by atoms with van der Waals surface area (Å²) in [7, 11) is 3.18. The van der Waals surface area contributed by atoms with Crippen LogP contribution in [0.5, 0.6) is 17.2 Å². The molecule has 4 aromatic rings. The van der Waals surface area contributed by atoms with E-state index in [4.69, 9.17) is 14.2 Å². The van der Waals surface area contributed by atoms with Crippen molar-refractivity contribution in [3.8, 4) is 17.2 Å². The molecule has 0 unspecified atom stereocenters. The van der Waals surface area contributed by atoms with E-state index >= 15 is 0 Å². The lowest BCUT2D eigenvalue weighted by Gasteiger charge is -2.12. The van der Waals surface area contributed by atoms with Gasteiger partial charge in [0.15, 0.2) is 0 Å². The standard InChI is InChI=1S/C27H25N5O6/c1-36-24-7-4-8-25(13-24)38-18-22-11-19(9-10-26(22)37-2)14-28-30-27(33)21-6-3-5-20(12-21)16-31-17-23(15-29-31)32(34)35/h3-15,17H,16,18H2,1-2H3,(H,30,33). The molecule has 1 N–H and O–H groups in total. The van der Waals surface area contributed by atoms with Gasteiger partial charge in [0.2, 0.25) is 0 Å². The molecule has 1 heterocycles. The number of ether oxygens (including phenoxy) is 3. The minimum absolute atomic E-state index is 0.0956. The average molecular weight is 516 g/mol. The Morgan fingerprint density at radius 3 is 2.66 bits per heavy atom. The molecule has 0 atom stereocenters. The Hall–Kier alpha value is -5.19. The van der Waals surface area contributed by atoms with Gasteiger partial charge in [0.05, 0.1) is 31.9 Å². The van der Waals surface area contributed by atoms with Crippen molar-refractivity contribution in [2.75, 3.05) is 14.2 Å². The van der Waals surface area contributed by atoms with Crippen LogP contribution < -0.4 is 19.6 Å². The summed E-state index contributed by atoms with van der Waals surface area (Å²) in [6.45, 7) is 0.543. The van der Waals surface area contributed by atoms with Crippen molar-refractivity contribution >= 4 is 17.8 Å². The largest absolute Gasteiger partial charge is 0.497 e. The summed E-state index contributed by atoms with van der Waals surface area (Å²) >= 11 is 0. The summed E-state index contributed by atoms with van der Waals surface area (Å²) in [5.74, 6) is 1.62. The first-order chi connectivity index (χ1) is 18.4. The maximum absolute atomic E-state index is 12.6.